The van der Waals surface area contributed by atoms with E-state index in [1.807, 2.05) is 37.3 Å². The second-order valence-electron chi connectivity index (χ2n) is 5.63. The number of benzene rings is 1. The van der Waals surface area contributed by atoms with Gasteiger partial charge in [-0.25, -0.2) is 0 Å². The molecule has 110 valence electrons. The Labute approximate surface area is 126 Å². The standard InChI is InChI=1S/C16H24N2OS/c1-12-5-6-14(20-4)11-15(12)16(19)18(3)13-7-9-17(2)10-8-13/h5-6,11,13H,7-10H2,1-4H3. The summed E-state index contributed by atoms with van der Waals surface area (Å²) >= 11 is 1.68. The third-order valence-electron chi connectivity index (χ3n) is 4.23. The maximum absolute atomic E-state index is 12.7. The fourth-order valence-electron chi connectivity index (χ4n) is 2.70. The Bertz CT molecular complexity index is 481. The molecule has 0 bridgehead atoms. The van der Waals surface area contributed by atoms with Gasteiger partial charge in [-0.05, 0) is 63.9 Å². The van der Waals surface area contributed by atoms with E-state index in [4.69, 9.17) is 0 Å². The molecule has 0 radical (unpaired) electrons. The summed E-state index contributed by atoms with van der Waals surface area (Å²) < 4.78 is 0. The van der Waals surface area contributed by atoms with Crippen molar-refractivity contribution >= 4 is 17.7 Å². The number of nitrogens with zero attached hydrogens (tertiary/aromatic N) is 2. The van der Waals surface area contributed by atoms with Crippen LogP contribution in [0, 0.1) is 6.92 Å². The second-order valence-corrected chi connectivity index (χ2v) is 6.51. The van der Waals surface area contributed by atoms with Gasteiger partial charge >= 0.3 is 0 Å². The number of carbonyl (C=O) groups is 1. The van der Waals surface area contributed by atoms with Crippen molar-refractivity contribution in [3.05, 3.63) is 29.3 Å². The van der Waals surface area contributed by atoms with Gasteiger partial charge in [-0.3, -0.25) is 4.79 Å². The molecule has 1 aromatic carbocycles. The lowest BCUT2D eigenvalue weighted by atomic mass is 10.0. The van der Waals surface area contributed by atoms with Crippen molar-refractivity contribution < 1.29 is 4.79 Å². The van der Waals surface area contributed by atoms with Crippen molar-refractivity contribution in [1.29, 1.82) is 0 Å². The minimum Gasteiger partial charge on any atom is -0.339 e. The van der Waals surface area contributed by atoms with E-state index in [2.05, 4.69) is 18.0 Å². The van der Waals surface area contributed by atoms with E-state index in [0.29, 0.717) is 6.04 Å². The van der Waals surface area contributed by atoms with Crippen LogP contribution in [-0.4, -0.2) is 55.2 Å². The largest absolute Gasteiger partial charge is 0.339 e. The first-order valence-corrected chi connectivity index (χ1v) is 8.35. The monoisotopic (exact) mass is 292 g/mol. The smallest absolute Gasteiger partial charge is 0.254 e. The van der Waals surface area contributed by atoms with Crippen molar-refractivity contribution in [2.45, 2.75) is 30.7 Å². The zero-order valence-corrected chi connectivity index (χ0v) is 13.7. The van der Waals surface area contributed by atoms with Gasteiger partial charge in [0.2, 0.25) is 0 Å². The number of amides is 1. The fourth-order valence-corrected chi connectivity index (χ4v) is 3.14. The molecule has 1 heterocycles. The molecule has 0 aromatic heterocycles. The number of hydrogen-bond acceptors (Lipinski definition) is 3. The minimum atomic E-state index is 0.160. The molecule has 0 saturated carbocycles. The lowest BCUT2D eigenvalue weighted by Crippen LogP contribution is -2.44. The van der Waals surface area contributed by atoms with Crippen LogP contribution >= 0.6 is 11.8 Å². The Kier molecular flexibility index (Phi) is 5.11. The van der Waals surface area contributed by atoms with Crippen LogP contribution in [0.1, 0.15) is 28.8 Å². The predicted molar refractivity (Wildman–Crippen MR) is 85.6 cm³/mol. The Morgan fingerprint density at radius 3 is 2.60 bits per heavy atom. The topological polar surface area (TPSA) is 23.6 Å². The van der Waals surface area contributed by atoms with E-state index < -0.39 is 0 Å². The molecule has 1 fully saturated rings. The van der Waals surface area contributed by atoms with Gasteiger partial charge in [-0.1, -0.05) is 6.07 Å². The van der Waals surface area contributed by atoms with Crippen LogP contribution < -0.4 is 0 Å². The molecule has 0 spiro atoms. The number of aryl methyl sites for hydroxylation is 1. The van der Waals surface area contributed by atoms with Crippen molar-refractivity contribution in [1.82, 2.24) is 9.80 Å². The van der Waals surface area contributed by atoms with Gasteiger partial charge in [0.1, 0.15) is 0 Å². The molecule has 0 N–H and O–H groups in total. The van der Waals surface area contributed by atoms with Crippen molar-refractivity contribution in [3.63, 3.8) is 0 Å². The molecule has 1 aliphatic heterocycles. The average Bonchev–Trinajstić information content (AvgIpc) is 2.47. The van der Waals surface area contributed by atoms with Crippen LogP contribution in [0.15, 0.2) is 23.1 Å². The van der Waals surface area contributed by atoms with Gasteiger partial charge in [0.15, 0.2) is 0 Å². The lowest BCUT2D eigenvalue weighted by Gasteiger charge is -2.35. The van der Waals surface area contributed by atoms with Crippen LogP contribution in [0.4, 0.5) is 0 Å². The van der Waals surface area contributed by atoms with E-state index in [-0.39, 0.29) is 5.91 Å². The first kappa shape index (κ1) is 15.4. The number of carbonyl (C=O) groups excluding carboxylic acids is 1. The molecule has 0 unspecified atom stereocenters. The summed E-state index contributed by atoms with van der Waals surface area (Å²) in [6.07, 6.45) is 4.18. The summed E-state index contributed by atoms with van der Waals surface area (Å²) in [7, 11) is 4.09. The molecule has 1 amide bonds. The molecule has 20 heavy (non-hydrogen) atoms. The Morgan fingerprint density at radius 1 is 1.35 bits per heavy atom. The van der Waals surface area contributed by atoms with Gasteiger partial charge in [0, 0.05) is 23.5 Å². The van der Waals surface area contributed by atoms with Crippen molar-refractivity contribution in [2.24, 2.45) is 0 Å². The summed E-state index contributed by atoms with van der Waals surface area (Å²) in [4.78, 5) is 18.1. The zero-order valence-electron chi connectivity index (χ0n) is 12.8. The number of likely N-dealkylation sites (tertiary alicyclic amines) is 1. The molecule has 1 saturated heterocycles. The quantitative estimate of drug-likeness (QED) is 0.800. The number of rotatable bonds is 3. The molecule has 2 rings (SSSR count). The van der Waals surface area contributed by atoms with Gasteiger partial charge in [-0.2, -0.15) is 0 Å². The fraction of sp³-hybridized carbons (Fsp3) is 0.562. The second kappa shape index (κ2) is 6.64. The van der Waals surface area contributed by atoms with Gasteiger partial charge in [0.05, 0.1) is 0 Å². The Balaban J connectivity index is 2.14. The van der Waals surface area contributed by atoms with E-state index in [9.17, 15) is 4.79 Å². The van der Waals surface area contributed by atoms with Gasteiger partial charge in [0.25, 0.3) is 5.91 Å². The van der Waals surface area contributed by atoms with Crippen LogP contribution in [0.3, 0.4) is 0 Å². The van der Waals surface area contributed by atoms with Crippen LogP contribution in [-0.2, 0) is 0 Å². The van der Waals surface area contributed by atoms with E-state index >= 15 is 0 Å². The third kappa shape index (κ3) is 3.36. The number of thioether (sulfide) groups is 1. The summed E-state index contributed by atoms with van der Waals surface area (Å²) in [6, 6.07) is 6.51. The van der Waals surface area contributed by atoms with Crippen molar-refractivity contribution in [3.8, 4) is 0 Å². The van der Waals surface area contributed by atoms with Crippen LogP contribution in [0.5, 0.6) is 0 Å². The molecule has 0 aliphatic carbocycles. The third-order valence-corrected chi connectivity index (χ3v) is 4.96. The molecular formula is C16H24N2OS. The first-order chi connectivity index (χ1) is 9.52. The van der Waals surface area contributed by atoms with Crippen molar-refractivity contribution in [2.75, 3.05) is 33.4 Å². The zero-order chi connectivity index (χ0) is 14.7. The highest BCUT2D eigenvalue weighted by atomic mass is 32.2. The molecular weight excluding hydrogens is 268 g/mol. The highest BCUT2D eigenvalue weighted by molar-refractivity contribution is 7.98. The molecule has 1 aliphatic rings. The molecule has 3 nitrogen and oxygen atoms in total. The summed E-state index contributed by atoms with van der Waals surface area (Å²) in [5.74, 6) is 0.160. The minimum absolute atomic E-state index is 0.160. The van der Waals surface area contributed by atoms with Gasteiger partial charge in [-0.15, -0.1) is 11.8 Å². The van der Waals surface area contributed by atoms with Crippen LogP contribution in [0.25, 0.3) is 0 Å². The molecule has 4 heteroatoms. The first-order valence-electron chi connectivity index (χ1n) is 7.13. The molecule has 1 aromatic rings. The van der Waals surface area contributed by atoms with Gasteiger partial charge < -0.3 is 9.80 Å². The Hall–Kier alpha value is -1.00. The average molecular weight is 292 g/mol. The summed E-state index contributed by atoms with van der Waals surface area (Å²) in [5.41, 5.74) is 1.91. The normalized spacial score (nSPS) is 17.2. The number of hydrogen-bond donors (Lipinski definition) is 0. The highest BCUT2D eigenvalue weighted by Gasteiger charge is 2.25. The Morgan fingerprint density at radius 2 is 2.00 bits per heavy atom. The maximum Gasteiger partial charge on any atom is 0.254 e. The summed E-state index contributed by atoms with van der Waals surface area (Å²) in [5, 5.41) is 0. The van der Waals surface area contributed by atoms with E-state index in [0.717, 1.165) is 42.0 Å². The number of piperidine rings is 1. The lowest BCUT2D eigenvalue weighted by molar-refractivity contribution is 0.0658. The SMILES string of the molecule is CSc1ccc(C)c(C(=O)N(C)C2CCN(C)CC2)c1. The highest BCUT2D eigenvalue weighted by Crippen LogP contribution is 2.22. The van der Waals surface area contributed by atoms with Crippen LogP contribution in [0.2, 0.25) is 0 Å². The van der Waals surface area contributed by atoms with E-state index in [1.54, 1.807) is 11.8 Å². The molecule has 0 atom stereocenters. The summed E-state index contributed by atoms with van der Waals surface area (Å²) in [6.45, 7) is 4.16. The predicted octanol–water partition coefficient (Wildman–Crippen LogP) is 2.88. The van der Waals surface area contributed by atoms with E-state index in [1.165, 1.54) is 0 Å². The maximum atomic E-state index is 12.7.